The first-order valence-corrected chi connectivity index (χ1v) is 9.04. The molecule has 2 N–H and O–H groups in total. The minimum absolute atomic E-state index is 0.0353. The Morgan fingerprint density at radius 3 is 2.75 bits per heavy atom. The molecule has 2 aliphatic rings. The van der Waals surface area contributed by atoms with E-state index in [2.05, 4.69) is 24.5 Å². The van der Waals surface area contributed by atoms with Crippen molar-refractivity contribution in [1.29, 1.82) is 0 Å². The first-order chi connectivity index (χ1) is 11.6. The first-order valence-electron chi connectivity index (χ1n) is 9.04. The fourth-order valence-electron chi connectivity index (χ4n) is 3.35. The van der Waals surface area contributed by atoms with E-state index in [4.69, 9.17) is 9.47 Å². The molecule has 0 bridgehead atoms. The number of rotatable bonds is 5. The van der Waals surface area contributed by atoms with Gasteiger partial charge in [0.1, 0.15) is 5.75 Å². The second kappa shape index (κ2) is 7.99. The maximum atomic E-state index is 12.8. The molecular weight excluding hydrogens is 304 g/mol. The van der Waals surface area contributed by atoms with Crippen molar-refractivity contribution in [3.05, 3.63) is 23.8 Å². The topological polar surface area (TPSA) is 59.6 Å². The van der Waals surface area contributed by atoms with E-state index in [-0.39, 0.29) is 17.9 Å². The van der Waals surface area contributed by atoms with Crippen molar-refractivity contribution in [3.8, 4) is 5.75 Å². The predicted molar refractivity (Wildman–Crippen MR) is 94.5 cm³/mol. The van der Waals surface area contributed by atoms with Crippen LogP contribution < -0.4 is 15.4 Å². The Morgan fingerprint density at radius 2 is 2.00 bits per heavy atom. The van der Waals surface area contributed by atoms with Gasteiger partial charge >= 0.3 is 0 Å². The summed E-state index contributed by atoms with van der Waals surface area (Å²) in [4.78, 5) is 12.8. The van der Waals surface area contributed by atoms with Crippen molar-refractivity contribution in [2.45, 2.75) is 51.6 Å². The minimum atomic E-state index is -0.194. The van der Waals surface area contributed by atoms with Gasteiger partial charge in [-0.3, -0.25) is 4.79 Å². The molecule has 1 amide bonds. The number of hydrogen-bond acceptors (Lipinski definition) is 4. The highest BCUT2D eigenvalue weighted by molar-refractivity contribution is 5.95. The normalized spacial score (nSPS) is 19.5. The molecule has 1 aromatic carbocycles. The molecule has 132 valence electrons. The SMILES string of the molecule is CC(C)[C@H](NC1CCOCC1)C(=O)Nc1ccc2c(c1)CCCO2. The van der Waals surface area contributed by atoms with Crippen LogP contribution in [0.3, 0.4) is 0 Å². The van der Waals surface area contributed by atoms with Crippen molar-refractivity contribution in [3.63, 3.8) is 0 Å². The smallest absolute Gasteiger partial charge is 0.241 e. The number of fused-ring (bicyclic) bond motifs is 1. The molecule has 1 fully saturated rings. The van der Waals surface area contributed by atoms with Crippen LogP contribution in [0.1, 0.15) is 38.7 Å². The van der Waals surface area contributed by atoms with E-state index < -0.39 is 0 Å². The summed E-state index contributed by atoms with van der Waals surface area (Å²) >= 11 is 0. The van der Waals surface area contributed by atoms with Gasteiger partial charge in [0, 0.05) is 24.9 Å². The van der Waals surface area contributed by atoms with Crippen LogP contribution in [0.25, 0.3) is 0 Å². The maximum absolute atomic E-state index is 12.8. The van der Waals surface area contributed by atoms with Crippen molar-refractivity contribution in [2.75, 3.05) is 25.1 Å². The Hall–Kier alpha value is -1.59. The van der Waals surface area contributed by atoms with Crippen LogP contribution in [-0.4, -0.2) is 37.8 Å². The van der Waals surface area contributed by atoms with Crippen LogP contribution in [0.4, 0.5) is 5.69 Å². The maximum Gasteiger partial charge on any atom is 0.241 e. The lowest BCUT2D eigenvalue weighted by Crippen LogP contribution is -2.50. The third-order valence-corrected chi connectivity index (χ3v) is 4.76. The lowest BCUT2D eigenvalue weighted by Gasteiger charge is -2.30. The highest BCUT2D eigenvalue weighted by Gasteiger charge is 2.26. The number of carbonyl (C=O) groups excluding carboxylic acids is 1. The van der Waals surface area contributed by atoms with Crippen LogP contribution in [0.5, 0.6) is 5.75 Å². The molecule has 2 aliphatic heterocycles. The molecule has 1 atom stereocenters. The van der Waals surface area contributed by atoms with Gasteiger partial charge in [-0.2, -0.15) is 0 Å². The zero-order chi connectivity index (χ0) is 16.9. The summed E-state index contributed by atoms with van der Waals surface area (Å²) < 4.78 is 11.0. The Balaban J connectivity index is 1.64. The second-order valence-corrected chi connectivity index (χ2v) is 7.04. The number of anilines is 1. The molecule has 0 unspecified atom stereocenters. The number of benzene rings is 1. The largest absolute Gasteiger partial charge is 0.493 e. The van der Waals surface area contributed by atoms with Gasteiger partial charge in [-0.25, -0.2) is 0 Å². The molecule has 1 aromatic rings. The van der Waals surface area contributed by atoms with Crippen molar-refractivity contribution < 1.29 is 14.3 Å². The first kappa shape index (κ1) is 17.2. The summed E-state index contributed by atoms with van der Waals surface area (Å²) in [5.41, 5.74) is 2.03. The van der Waals surface area contributed by atoms with Gasteiger partial charge in [0.25, 0.3) is 0 Å². The van der Waals surface area contributed by atoms with Crippen LogP contribution in [-0.2, 0) is 16.0 Å². The van der Waals surface area contributed by atoms with Crippen LogP contribution in [0, 0.1) is 5.92 Å². The lowest BCUT2D eigenvalue weighted by atomic mass is 9.99. The summed E-state index contributed by atoms with van der Waals surface area (Å²) in [5, 5.41) is 6.60. The van der Waals surface area contributed by atoms with Crippen molar-refractivity contribution >= 4 is 11.6 Å². The third kappa shape index (κ3) is 4.28. The van der Waals surface area contributed by atoms with E-state index in [0.29, 0.717) is 6.04 Å². The zero-order valence-corrected chi connectivity index (χ0v) is 14.6. The monoisotopic (exact) mass is 332 g/mol. The molecule has 0 aromatic heterocycles. The van der Waals surface area contributed by atoms with E-state index >= 15 is 0 Å². The van der Waals surface area contributed by atoms with Gasteiger partial charge in [0.15, 0.2) is 0 Å². The lowest BCUT2D eigenvalue weighted by molar-refractivity contribution is -0.119. The van der Waals surface area contributed by atoms with Gasteiger partial charge in [0.2, 0.25) is 5.91 Å². The highest BCUT2D eigenvalue weighted by Crippen LogP contribution is 2.27. The molecule has 0 radical (unpaired) electrons. The van der Waals surface area contributed by atoms with Gasteiger partial charge in [-0.15, -0.1) is 0 Å². The quantitative estimate of drug-likeness (QED) is 0.870. The molecular formula is C19H28N2O3. The molecule has 0 saturated carbocycles. The van der Waals surface area contributed by atoms with Gasteiger partial charge in [-0.1, -0.05) is 13.8 Å². The Bertz CT molecular complexity index is 568. The average Bonchev–Trinajstić information content (AvgIpc) is 2.60. The second-order valence-electron chi connectivity index (χ2n) is 7.04. The molecule has 0 spiro atoms. The minimum Gasteiger partial charge on any atom is -0.493 e. The Labute approximate surface area is 144 Å². The zero-order valence-electron chi connectivity index (χ0n) is 14.6. The fourth-order valence-corrected chi connectivity index (χ4v) is 3.35. The predicted octanol–water partition coefficient (Wildman–Crippen LogP) is 2.74. The average molecular weight is 332 g/mol. The van der Waals surface area contributed by atoms with Crippen molar-refractivity contribution in [1.82, 2.24) is 5.32 Å². The summed E-state index contributed by atoms with van der Waals surface area (Å²) in [5.74, 6) is 1.21. The number of hydrogen-bond donors (Lipinski definition) is 2. The van der Waals surface area contributed by atoms with Gasteiger partial charge in [0.05, 0.1) is 12.6 Å². The van der Waals surface area contributed by atoms with Crippen LogP contribution in [0.15, 0.2) is 18.2 Å². The Morgan fingerprint density at radius 1 is 1.21 bits per heavy atom. The van der Waals surface area contributed by atoms with E-state index in [0.717, 1.165) is 56.9 Å². The fraction of sp³-hybridized carbons (Fsp3) is 0.632. The molecule has 3 rings (SSSR count). The molecule has 1 saturated heterocycles. The third-order valence-electron chi connectivity index (χ3n) is 4.76. The molecule has 0 aliphatic carbocycles. The highest BCUT2D eigenvalue weighted by atomic mass is 16.5. The number of aryl methyl sites for hydroxylation is 1. The number of ether oxygens (including phenoxy) is 2. The summed E-state index contributed by atoms with van der Waals surface area (Å²) in [7, 11) is 0. The van der Waals surface area contributed by atoms with Crippen molar-refractivity contribution in [2.24, 2.45) is 5.92 Å². The summed E-state index contributed by atoms with van der Waals surface area (Å²) in [6.07, 6.45) is 3.97. The number of amides is 1. The number of carbonyl (C=O) groups is 1. The van der Waals surface area contributed by atoms with Gasteiger partial charge < -0.3 is 20.1 Å². The standard InChI is InChI=1S/C19H28N2O3/c1-13(2)18(20-15-7-10-23-11-8-15)19(22)21-16-5-6-17-14(12-16)4-3-9-24-17/h5-6,12-13,15,18,20H,3-4,7-11H2,1-2H3,(H,21,22)/t18-/m0/s1. The van der Waals surface area contributed by atoms with E-state index in [1.54, 1.807) is 0 Å². The van der Waals surface area contributed by atoms with Crippen LogP contribution >= 0.6 is 0 Å². The molecule has 24 heavy (non-hydrogen) atoms. The molecule has 5 heteroatoms. The summed E-state index contributed by atoms with van der Waals surface area (Å²) in [6.45, 7) is 6.49. The van der Waals surface area contributed by atoms with E-state index in [1.165, 1.54) is 5.56 Å². The van der Waals surface area contributed by atoms with E-state index in [9.17, 15) is 4.79 Å². The molecule has 5 nitrogen and oxygen atoms in total. The van der Waals surface area contributed by atoms with Crippen LogP contribution in [0.2, 0.25) is 0 Å². The summed E-state index contributed by atoms with van der Waals surface area (Å²) in [6, 6.07) is 6.08. The number of nitrogens with one attached hydrogen (secondary N) is 2. The van der Waals surface area contributed by atoms with Gasteiger partial charge in [-0.05, 0) is 55.4 Å². The van der Waals surface area contributed by atoms with E-state index in [1.807, 2.05) is 18.2 Å². The Kier molecular flexibility index (Phi) is 5.74. The molecule has 2 heterocycles.